The second-order valence-electron chi connectivity index (χ2n) is 2.71. The number of rotatable bonds is 3. The largest absolute Gasteiger partial charge is 0.398 e. The molecule has 0 atom stereocenters. The second-order valence-corrected chi connectivity index (χ2v) is 3.79. The third-order valence-corrected chi connectivity index (χ3v) is 2.88. The number of carbonyl (C=O) groups excluding carboxylic acids is 1. The lowest BCUT2D eigenvalue weighted by atomic mass is 10.2. The number of carbonyl (C=O) groups is 1. The summed E-state index contributed by atoms with van der Waals surface area (Å²) in [5, 5.41) is 2.70. The molecule has 0 radical (unpaired) electrons. The Morgan fingerprint density at radius 3 is 3.00 bits per heavy atom. The molecule has 0 bridgehead atoms. The van der Waals surface area contributed by atoms with Crippen molar-refractivity contribution >= 4 is 34.2 Å². The molecule has 1 aromatic carbocycles. The van der Waals surface area contributed by atoms with Crippen LogP contribution in [-0.2, 0) is 0 Å². The first-order chi connectivity index (χ1) is 6.66. The third-order valence-electron chi connectivity index (χ3n) is 1.68. The molecule has 1 amide bonds. The fourth-order valence-corrected chi connectivity index (χ4v) is 1.59. The number of hydrogen-bond acceptors (Lipinski definition) is 2. The first kappa shape index (κ1) is 11.0. The maximum absolute atomic E-state index is 11.6. The molecule has 0 spiro atoms. The van der Waals surface area contributed by atoms with E-state index in [1.54, 1.807) is 24.3 Å². The van der Waals surface area contributed by atoms with Crippen LogP contribution >= 0.6 is 22.6 Å². The molecule has 1 aromatic rings. The van der Waals surface area contributed by atoms with Gasteiger partial charge in [0.1, 0.15) is 0 Å². The van der Waals surface area contributed by atoms with Crippen LogP contribution < -0.4 is 11.1 Å². The van der Waals surface area contributed by atoms with Crippen molar-refractivity contribution in [1.29, 1.82) is 0 Å². The van der Waals surface area contributed by atoms with Crippen LogP contribution in [0.25, 0.3) is 0 Å². The van der Waals surface area contributed by atoms with Gasteiger partial charge in [-0.3, -0.25) is 4.79 Å². The van der Waals surface area contributed by atoms with Crippen molar-refractivity contribution in [3.63, 3.8) is 0 Å². The molecule has 0 aliphatic rings. The summed E-state index contributed by atoms with van der Waals surface area (Å²) < 4.78 is 0.784. The van der Waals surface area contributed by atoms with E-state index in [4.69, 9.17) is 5.73 Å². The molecule has 3 nitrogen and oxygen atoms in total. The van der Waals surface area contributed by atoms with Crippen LogP contribution in [0, 0.1) is 3.57 Å². The summed E-state index contributed by atoms with van der Waals surface area (Å²) in [6, 6.07) is 5.28. The van der Waals surface area contributed by atoms with E-state index >= 15 is 0 Å². The van der Waals surface area contributed by atoms with Crippen molar-refractivity contribution in [2.75, 3.05) is 12.3 Å². The highest BCUT2D eigenvalue weighted by atomic mass is 127. The Hall–Kier alpha value is -1.04. The number of anilines is 1. The molecule has 0 saturated carbocycles. The molecule has 0 heterocycles. The van der Waals surface area contributed by atoms with Crippen LogP contribution in [0.1, 0.15) is 10.4 Å². The summed E-state index contributed by atoms with van der Waals surface area (Å²) in [4.78, 5) is 11.6. The fraction of sp³-hybridized carbons (Fsp3) is 0.100. The van der Waals surface area contributed by atoms with Crippen LogP contribution in [0.5, 0.6) is 0 Å². The van der Waals surface area contributed by atoms with Gasteiger partial charge in [-0.05, 0) is 34.7 Å². The van der Waals surface area contributed by atoms with Gasteiger partial charge in [-0.25, -0.2) is 0 Å². The van der Waals surface area contributed by atoms with Gasteiger partial charge in [0.15, 0.2) is 0 Å². The number of nitrogen functional groups attached to an aromatic ring is 1. The Kier molecular flexibility index (Phi) is 3.94. The van der Waals surface area contributed by atoms with Crippen molar-refractivity contribution in [2.45, 2.75) is 0 Å². The normalized spacial score (nSPS) is 9.50. The maximum Gasteiger partial charge on any atom is 0.252 e. The van der Waals surface area contributed by atoms with Crippen LogP contribution in [0.4, 0.5) is 5.69 Å². The van der Waals surface area contributed by atoms with Gasteiger partial charge in [0, 0.05) is 15.8 Å². The molecule has 0 aliphatic heterocycles. The molecule has 74 valence electrons. The molecule has 0 aromatic heterocycles. The number of hydrogen-bond donors (Lipinski definition) is 2. The van der Waals surface area contributed by atoms with Crippen LogP contribution in [0.15, 0.2) is 30.9 Å². The van der Waals surface area contributed by atoms with Crippen molar-refractivity contribution in [1.82, 2.24) is 5.32 Å². The number of nitrogens with one attached hydrogen (secondary N) is 1. The highest BCUT2D eigenvalue weighted by molar-refractivity contribution is 14.1. The lowest BCUT2D eigenvalue weighted by Crippen LogP contribution is -2.24. The van der Waals surface area contributed by atoms with Crippen LogP contribution in [-0.4, -0.2) is 12.5 Å². The molecule has 0 unspecified atom stereocenters. The average molecular weight is 302 g/mol. The molecular formula is C10H11IN2O. The fourth-order valence-electron chi connectivity index (χ4n) is 0.985. The SMILES string of the molecule is C=CCNC(=O)c1cccc(N)c1I. The van der Waals surface area contributed by atoms with Crippen LogP contribution in [0.2, 0.25) is 0 Å². The number of amides is 1. The zero-order valence-electron chi connectivity index (χ0n) is 7.59. The highest BCUT2D eigenvalue weighted by Crippen LogP contribution is 2.18. The van der Waals surface area contributed by atoms with E-state index in [0.717, 1.165) is 3.57 Å². The molecule has 0 fully saturated rings. The zero-order valence-corrected chi connectivity index (χ0v) is 9.74. The number of halogens is 1. The summed E-state index contributed by atoms with van der Waals surface area (Å²) in [6.07, 6.45) is 1.64. The number of nitrogens with two attached hydrogens (primary N) is 1. The molecular weight excluding hydrogens is 291 g/mol. The lowest BCUT2D eigenvalue weighted by Gasteiger charge is -2.06. The Morgan fingerprint density at radius 1 is 1.64 bits per heavy atom. The van der Waals surface area contributed by atoms with E-state index in [1.807, 2.05) is 0 Å². The zero-order chi connectivity index (χ0) is 10.6. The van der Waals surface area contributed by atoms with Gasteiger partial charge in [0.05, 0.1) is 5.56 Å². The predicted molar refractivity (Wildman–Crippen MR) is 66.1 cm³/mol. The topological polar surface area (TPSA) is 55.1 Å². The summed E-state index contributed by atoms with van der Waals surface area (Å²) >= 11 is 2.06. The van der Waals surface area contributed by atoms with E-state index in [-0.39, 0.29) is 5.91 Å². The molecule has 0 saturated heterocycles. The summed E-state index contributed by atoms with van der Waals surface area (Å²) in [7, 11) is 0. The summed E-state index contributed by atoms with van der Waals surface area (Å²) in [6.45, 7) is 3.99. The van der Waals surface area contributed by atoms with Gasteiger partial charge in [-0.15, -0.1) is 6.58 Å². The maximum atomic E-state index is 11.6. The van der Waals surface area contributed by atoms with Gasteiger partial charge >= 0.3 is 0 Å². The van der Waals surface area contributed by atoms with Gasteiger partial charge in [0.2, 0.25) is 0 Å². The Balaban J connectivity index is 2.89. The third kappa shape index (κ3) is 2.47. The Morgan fingerprint density at radius 2 is 2.36 bits per heavy atom. The molecule has 3 N–H and O–H groups in total. The quantitative estimate of drug-likeness (QED) is 0.508. The van der Waals surface area contributed by atoms with E-state index in [0.29, 0.717) is 17.8 Å². The smallest absolute Gasteiger partial charge is 0.252 e. The number of benzene rings is 1. The van der Waals surface area contributed by atoms with Crippen molar-refractivity contribution < 1.29 is 4.79 Å². The van der Waals surface area contributed by atoms with Gasteiger partial charge < -0.3 is 11.1 Å². The molecule has 1 rings (SSSR count). The average Bonchev–Trinajstić information content (AvgIpc) is 2.18. The lowest BCUT2D eigenvalue weighted by molar-refractivity contribution is 0.0957. The first-order valence-electron chi connectivity index (χ1n) is 4.10. The minimum atomic E-state index is -0.124. The summed E-state index contributed by atoms with van der Waals surface area (Å²) in [5.41, 5.74) is 6.91. The molecule has 4 heteroatoms. The predicted octanol–water partition coefficient (Wildman–Crippen LogP) is 1.79. The van der Waals surface area contributed by atoms with Gasteiger partial charge in [-0.2, -0.15) is 0 Å². The Bertz CT molecular complexity index is 363. The second kappa shape index (κ2) is 4.99. The molecule has 0 aliphatic carbocycles. The van der Waals surface area contributed by atoms with Crippen molar-refractivity contribution in [3.8, 4) is 0 Å². The molecule has 14 heavy (non-hydrogen) atoms. The minimum Gasteiger partial charge on any atom is -0.398 e. The van der Waals surface area contributed by atoms with Crippen LogP contribution in [0.3, 0.4) is 0 Å². The van der Waals surface area contributed by atoms with Crippen molar-refractivity contribution in [2.24, 2.45) is 0 Å². The van der Waals surface area contributed by atoms with Gasteiger partial charge in [-0.1, -0.05) is 12.1 Å². The Labute approximate surface area is 96.5 Å². The standard InChI is InChI=1S/C10H11IN2O/c1-2-6-13-10(14)7-4-3-5-8(12)9(7)11/h2-5H,1,6,12H2,(H,13,14). The van der Waals surface area contributed by atoms with E-state index < -0.39 is 0 Å². The van der Waals surface area contributed by atoms with Crippen molar-refractivity contribution in [3.05, 3.63) is 40.0 Å². The highest BCUT2D eigenvalue weighted by Gasteiger charge is 2.09. The van der Waals surface area contributed by atoms with E-state index in [9.17, 15) is 4.79 Å². The van der Waals surface area contributed by atoms with Gasteiger partial charge in [0.25, 0.3) is 5.91 Å². The monoisotopic (exact) mass is 302 g/mol. The van der Waals surface area contributed by atoms with E-state index in [1.165, 1.54) is 0 Å². The summed E-state index contributed by atoms with van der Waals surface area (Å²) in [5.74, 6) is -0.124. The minimum absolute atomic E-state index is 0.124. The first-order valence-corrected chi connectivity index (χ1v) is 5.17. The van der Waals surface area contributed by atoms with E-state index in [2.05, 4.69) is 34.5 Å².